The van der Waals surface area contributed by atoms with Crippen LogP contribution >= 0.6 is 0 Å². The highest BCUT2D eigenvalue weighted by Gasteiger charge is 2.17. The fourth-order valence-electron chi connectivity index (χ4n) is 8.66. The summed E-state index contributed by atoms with van der Waals surface area (Å²) < 4.78 is 23.8. The van der Waals surface area contributed by atoms with Crippen LogP contribution < -0.4 is 9.47 Å². The maximum atomic E-state index is 11.6. The largest absolute Gasteiger partial charge is 0.492 e. The molecular weight excluding hydrogens is 769 g/mol. The zero-order valence-corrected chi connectivity index (χ0v) is 40.5. The highest BCUT2D eigenvalue weighted by Crippen LogP contribution is 2.43. The molecule has 0 aliphatic rings. The number of carbonyl (C=O) groups excluding carboxylic acids is 2. The van der Waals surface area contributed by atoms with Crippen molar-refractivity contribution in [1.29, 1.82) is 0 Å². The number of hydrogen-bond acceptors (Lipinski definition) is 6. The van der Waals surface area contributed by atoms with Crippen LogP contribution in [0.15, 0.2) is 42.5 Å². The number of benzene rings is 3. The molecule has 3 aromatic rings. The van der Waals surface area contributed by atoms with Gasteiger partial charge in [0.2, 0.25) is 0 Å². The zero-order valence-electron chi connectivity index (χ0n) is 40.5. The number of unbranched alkanes of at least 4 members (excludes halogenated alkanes) is 26. The van der Waals surface area contributed by atoms with Crippen LogP contribution in [0.5, 0.6) is 11.5 Å². The number of carbonyl (C=O) groups is 2. The van der Waals surface area contributed by atoms with Gasteiger partial charge in [0.1, 0.15) is 11.5 Å². The summed E-state index contributed by atoms with van der Waals surface area (Å²) in [5.41, 5.74) is 1.33. The first kappa shape index (κ1) is 53.1. The second-order valence-corrected chi connectivity index (χ2v) is 18.6. The van der Waals surface area contributed by atoms with E-state index in [-0.39, 0.29) is 24.1 Å². The van der Waals surface area contributed by atoms with Crippen LogP contribution in [0, 0.1) is 0 Å². The van der Waals surface area contributed by atoms with Gasteiger partial charge in [0.05, 0.1) is 25.4 Å². The minimum Gasteiger partial charge on any atom is -0.492 e. The van der Waals surface area contributed by atoms with Crippen molar-refractivity contribution in [3.63, 3.8) is 0 Å². The number of aryl methyl sites for hydroxylation is 1. The molecule has 0 atom stereocenters. The third-order valence-corrected chi connectivity index (χ3v) is 12.2. The van der Waals surface area contributed by atoms with Gasteiger partial charge in [-0.15, -0.1) is 0 Å². The average molecular weight is 859 g/mol. The summed E-state index contributed by atoms with van der Waals surface area (Å²) in [6, 6.07) is 15.5. The van der Waals surface area contributed by atoms with Gasteiger partial charge in [-0.05, 0) is 71.4 Å². The molecule has 0 radical (unpaired) electrons. The highest BCUT2D eigenvalue weighted by atomic mass is 16.5. The van der Waals surface area contributed by atoms with Gasteiger partial charge in [-0.2, -0.15) is 0 Å². The Morgan fingerprint density at radius 3 is 1.05 bits per heavy atom. The van der Waals surface area contributed by atoms with Crippen molar-refractivity contribution in [1.82, 2.24) is 0 Å². The lowest BCUT2D eigenvalue weighted by Crippen LogP contribution is -2.10. The normalized spacial score (nSPS) is 11.6. The minimum absolute atomic E-state index is 0.00200. The second-order valence-electron chi connectivity index (χ2n) is 18.6. The van der Waals surface area contributed by atoms with Crippen LogP contribution in [-0.4, -0.2) is 37.4 Å². The molecule has 0 fully saturated rings. The van der Waals surface area contributed by atoms with Crippen LogP contribution in [0.25, 0.3) is 21.5 Å². The topological polar surface area (TPSA) is 71.1 Å². The van der Waals surface area contributed by atoms with Crippen molar-refractivity contribution < 1.29 is 28.5 Å². The first-order valence-corrected chi connectivity index (χ1v) is 25.9. The molecule has 350 valence electrons. The smallest absolute Gasteiger partial charge is 0.306 e. The Morgan fingerprint density at radius 1 is 0.403 bits per heavy atom. The van der Waals surface area contributed by atoms with E-state index in [1.54, 1.807) is 0 Å². The van der Waals surface area contributed by atoms with Crippen molar-refractivity contribution in [3.8, 4) is 11.5 Å². The van der Waals surface area contributed by atoms with Crippen molar-refractivity contribution in [2.45, 2.75) is 246 Å². The number of fused-ring (bicyclic) bond motifs is 2. The van der Waals surface area contributed by atoms with Crippen LogP contribution in [0.2, 0.25) is 0 Å². The molecule has 6 nitrogen and oxygen atoms in total. The summed E-state index contributed by atoms with van der Waals surface area (Å²) in [6.07, 6.45) is 37.3. The van der Waals surface area contributed by atoms with Crippen molar-refractivity contribution in [2.75, 3.05) is 13.2 Å². The van der Waals surface area contributed by atoms with Crippen molar-refractivity contribution in [2.24, 2.45) is 0 Å². The second kappa shape index (κ2) is 34.2. The standard InChI is InChI=1S/C56H90O6/c1-6-48-41-42-51-52(45-48)56(60-44-36-30-26-22-18-14-10-8-12-16-20-24-28-32-40-54(58)62-47(4)5)50-38-34-33-37-49(50)55(51)59-43-35-29-25-21-17-13-9-7-11-15-19-23-27-31-39-53(57)61-46(2)3/h33-34,37-38,41-42,45-47H,6-32,35-36,39-40,43-44H2,1-5H3. The van der Waals surface area contributed by atoms with Crippen molar-refractivity contribution >= 4 is 33.5 Å². The van der Waals surface area contributed by atoms with Crippen LogP contribution in [0.4, 0.5) is 0 Å². The Balaban J connectivity index is 1.26. The van der Waals surface area contributed by atoms with E-state index >= 15 is 0 Å². The fourth-order valence-corrected chi connectivity index (χ4v) is 8.66. The molecule has 0 aliphatic carbocycles. The molecule has 0 amide bonds. The number of esters is 2. The van der Waals surface area contributed by atoms with E-state index in [1.165, 1.54) is 158 Å². The summed E-state index contributed by atoms with van der Waals surface area (Å²) in [4.78, 5) is 23.3. The first-order valence-electron chi connectivity index (χ1n) is 25.9. The maximum absolute atomic E-state index is 11.6. The molecule has 0 saturated heterocycles. The van der Waals surface area contributed by atoms with E-state index in [0.717, 1.165) is 80.4 Å². The molecule has 3 aromatic carbocycles. The molecular formula is C56H90O6. The lowest BCUT2D eigenvalue weighted by atomic mass is 9.98. The Kier molecular flexibility index (Phi) is 29.2. The van der Waals surface area contributed by atoms with Crippen molar-refractivity contribution in [3.05, 3.63) is 48.0 Å². The molecule has 0 saturated carbocycles. The van der Waals surface area contributed by atoms with Gasteiger partial charge >= 0.3 is 11.9 Å². The van der Waals surface area contributed by atoms with Crippen LogP contribution in [0.1, 0.15) is 233 Å². The highest BCUT2D eigenvalue weighted by molar-refractivity contribution is 6.11. The summed E-state index contributed by atoms with van der Waals surface area (Å²) in [6.45, 7) is 11.4. The quantitative estimate of drug-likeness (QED) is 0.0323. The van der Waals surface area contributed by atoms with Crippen LogP contribution in [-0.2, 0) is 25.5 Å². The van der Waals surface area contributed by atoms with Gasteiger partial charge in [-0.25, -0.2) is 0 Å². The minimum atomic E-state index is -0.0475. The van der Waals surface area contributed by atoms with Gasteiger partial charge in [0.15, 0.2) is 0 Å². The Morgan fingerprint density at radius 2 is 0.710 bits per heavy atom. The summed E-state index contributed by atoms with van der Waals surface area (Å²) in [7, 11) is 0. The molecule has 0 heterocycles. The van der Waals surface area contributed by atoms with E-state index in [4.69, 9.17) is 18.9 Å². The van der Waals surface area contributed by atoms with Gasteiger partial charge in [-0.1, -0.05) is 197 Å². The SMILES string of the molecule is CCc1ccc2c(OCCCCCCCCCCCCCCCCC(=O)OC(C)C)c3ccccc3c(OCCCCCCCCCCCCCCCCC(=O)OC(C)C)c2c1. The van der Waals surface area contributed by atoms with Gasteiger partial charge in [-0.3, -0.25) is 9.59 Å². The predicted molar refractivity (Wildman–Crippen MR) is 263 cm³/mol. The molecule has 0 aliphatic heterocycles. The molecule has 0 aromatic heterocycles. The van der Waals surface area contributed by atoms with E-state index in [9.17, 15) is 9.59 Å². The van der Waals surface area contributed by atoms with Gasteiger partial charge in [0, 0.05) is 34.4 Å². The monoisotopic (exact) mass is 859 g/mol. The fraction of sp³-hybridized carbons (Fsp3) is 0.714. The van der Waals surface area contributed by atoms with E-state index < -0.39 is 0 Å². The van der Waals surface area contributed by atoms with E-state index in [1.807, 2.05) is 27.7 Å². The van der Waals surface area contributed by atoms with E-state index in [0.29, 0.717) is 12.8 Å². The number of rotatable bonds is 39. The molecule has 0 bridgehead atoms. The molecule has 0 spiro atoms. The molecule has 62 heavy (non-hydrogen) atoms. The Labute approximate surface area is 379 Å². The summed E-state index contributed by atoms with van der Waals surface area (Å²) >= 11 is 0. The summed E-state index contributed by atoms with van der Waals surface area (Å²) in [5.74, 6) is 1.93. The van der Waals surface area contributed by atoms with Gasteiger partial charge < -0.3 is 18.9 Å². The molecule has 6 heteroatoms. The summed E-state index contributed by atoms with van der Waals surface area (Å²) in [5, 5.41) is 4.67. The van der Waals surface area contributed by atoms with E-state index in [2.05, 4.69) is 49.4 Å². The molecule has 0 unspecified atom stereocenters. The zero-order chi connectivity index (χ0) is 44.5. The Hall–Kier alpha value is -3.28. The lowest BCUT2D eigenvalue weighted by molar-refractivity contribution is -0.148. The predicted octanol–water partition coefficient (Wildman–Crippen LogP) is 16.9. The maximum Gasteiger partial charge on any atom is 0.306 e. The third kappa shape index (κ3) is 23.4. The first-order chi connectivity index (χ1) is 30.3. The lowest BCUT2D eigenvalue weighted by Gasteiger charge is -2.18. The average Bonchev–Trinajstić information content (AvgIpc) is 3.25. The third-order valence-electron chi connectivity index (χ3n) is 12.2. The van der Waals surface area contributed by atoms with Gasteiger partial charge in [0.25, 0.3) is 0 Å². The molecule has 0 N–H and O–H groups in total. The number of ether oxygens (including phenoxy) is 4. The van der Waals surface area contributed by atoms with Crippen LogP contribution in [0.3, 0.4) is 0 Å². The Bertz CT molecular complexity index is 1610. The molecule has 3 rings (SSSR count). The number of hydrogen-bond donors (Lipinski definition) is 0.